The molecule has 5 heterocycles. The van der Waals surface area contributed by atoms with E-state index in [4.69, 9.17) is 16.4 Å². The van der Waals surface area contributed by atoms with E-state index in [1.807, 2.05) is 0 Å². The molecule has 3 amide bonds. The normalized spacial score (nSPS) is 15.3. The number of aryl methyl sites for hydroxylation is 1. The van der Waals surface area contributed by atoms with Crippen molar-refractivity contribution in [1.82, 2.24) is 35.2 Å². The highest BCUT2D eigenvalue weighted by Gasteiger charge is 2.30. The molecule has 0 spiro atoms. The van der Waals surface area contributed by atoms with Crippen molar-refractivity contribution in [3.05, 3.63) is 69.3 Å². The molecule has 35 heavy (non-hydrogen) atoms. The molecule has 1 fully saturated rings. The molecule has 0 aliphatic carbocycles. The summed E-state index contributed by atoms with van der Waals surface area (Å²) >= 11 is 9.55. The van der Waals surface area contributed by atoms with E-state index in [2.05, 4.69) is 47.2 Å². The number of halogens is 2. The number of carbonyl (C=O) groups is 3. The second-order valence-corrected chi connectivity index (χ2v) is 8.77. The maximum Gasteiger partial charge on any atom is 0.274 e. The Morgan fingerprint density at radius 1 is 1.26 bits per heavy atom. The van der Waals surface area contributed by atoms with E-state index in [0.717, 1.165) is 0 Å². The van der Waals surface area contributed by atoms with Crippen LogP contribution in [0, 0.1) is 6.92 Å². The molecule has 0 unspecified atom stereocenters. The van der Waals surface area contributed by atoms with E-state index in [-0.39, 0.29) is 29.5 Å². The Labute approximate surface area is 210 Å². The number of carbonyl (C=O) groups excluding carboxylic acids is 3. The Hall–Kier alpha value is -3.81. The van der Waals surface area contributed by atoms with Crippen LogP contribution < -0.4 is 16.1 Å². The second-order valence-electron chi connectivity index (χ2n) is 7.55. The Balaban J connectivity index is 1.55. The molecule has 1 atom stereocenters. The van der Waals surface area contributed by atoms with E-state index in [0.29, 0.717) is 20.7 Å². The van der Waals surface area contributed by atoms with Crippen molar-refractivity contribution >= 4 is 56.5 Å². The molecule has 0 saturated carbocycles. The molecule has 1 aliphatic heterocycles. The molecule has 4 aromatic heterocycles. The third kappa shape index (κ3) is 4.24. The Kier molecular flexibility index (Phi) is 5.96. The number of amides is 3. The summed E-state index contributed by atoms with van der Waals surface area (Å²) in [6.45, 7) is 1.71. The lowest BCUT2D eigenvalue weighted by atomic mass is 10.1. The first kappa shape index (κ1) is 23.0. The van der Waals surface area contributed by atoms with Crippen LogP contribution in [-0.2, 0) is 9.63 Å². The number of hydrogen-bond donors (Lipinski definition) is 3. The fraction of sp³-hybridized carbons (Fsp3) is 0.143. The van der Waals surface area contributed by atoms with Crippen LogP contribution in [-0.4, -0.2) is 54.7 Å². The van der Waals surface area contributed by atoms with Crippen LogP contribution in [0.1, 0.15) is 26.5 Å². The van der Waals surface area contributed by atoms with Crippen LogP contribution in [0.5, 0.6) is 0 Å². The Bertz CT molecular complexity index is 1500. The first-order valence-electron chi connectivity index (χ1n) is 10.2. The quantitative estimate of drug-likeness (QED) is 0.339. The van der Waals surface area contributed by atoms with Gasteiger partial charge < -0.3 is 10.6 Å². The number of nitrogens with one attached hydrogen (secondary N) is 3. The van der Waals surface area contributed by atoms with Gasteiger partial charge in [-0.15, -0.1) is 0 Å². The SMILES string of the molecule is Cc1cc2ccnn2c(C(=O)N[C@@H]2CONC2=O)c1NC(=O)c1cc(Br)nn1-c1ncccc1Cl. The lowest BCUT2D eigenvalue weighted by Crippen LogP contribution is -2.42. The molecule has 14 heteroatoms. The third-order valence-electron chi connectivity index (χ3n) is 5.23. The molecule has 0 aromatic carbocycles. The lowest BCUT2D eigenvalue weighted by molar-refractivity contribution is -0.125. The molecule has 3 N–H and O–H groups in total. The number of hydrogen-bond acceptors (Lipinski definition) is 7. The minimum Gasteiger partial charge on any atom is -0.337 e. The zero-order valence-electron chi connectivity index (χ0n) is 18.0. The maximum absolute atomic E-state index is 13.4. The summed E-state index contributed by atoms with van der Waals surface area (Å²) in [6.07, 6.45) is 3.05. The van der Waals surface area contributed by atoms with Gasteiger partial charge in [0.1, 0.15) is 22.9 Å². The van der Waals surface area contributed by atoms with Crippen LogP contribution in [0.4, 0.5) is 5.69 Å². The fourth-order valence-electron chi connectivity index (χ4n) is 3.63. The minimum absolute atomic E-state index is 0.0294. The minimum atomic E-state index is -0.888. The van der Waals surface area contributed by atoms with Crippen molar-refractivity contribution in [1.29, 1.82) is 0 Å². The number of aromatic nitrogens is 5. The number of fused-ring (bicyclic) bond motifs is 1. The molecule has 1 saturated heterocycles. The molecular formula is C21H16BrClN8O4. The van der Waals surface area contributed by atoms with Gasteiger partial charge in [-0.2, -0.15) is 10.2 Å². The van der Waals surface area contributed by atoms with Crippen molar-refractivity contribution in [3.63, 3.8) is 0 Å². The predicted octanol–water partition coefficient (Wildman–Crippen LogP) is 2.05. The summed E-state index contributed by atoms with van der Waals surface area (Å²) in [5.74, 6) is -1.41. The average molecular weight is 560 g/mol. The Morgan fingerprint density at radius 3 is 2.83 bits per heavy atom. The largest absolute Gasteiger partial charge is 0.337 e. The summed E-state index contributed by atoms with van der Waals surface area (Å²) in [4.78, 5) is 47.7. The first-order valence-corrected chi connectivity index (χ1v) is 11.4. The van der Waals surface area contributed by atoms with E-state index in [1.54, 1.807) is 31.2 Å². The van der Waals surface area contributed by atoms with E-state index in [9.17, 15) is 14.4 Å². The van der Waals surface area contributed by atoms with Crippen molar-refractivity contribution in [2.75, 3.05) is 11.9 Å². The van der Waals surface area contributed by atoms with Crippen molar-refractivity contribution in [2.45, 2.75) is 13.0 Å². The third-order valence-corrected chi connectivity index (χ3v) is 5.91. The zero-order valence-corrected chi connectivity index (χ0v) is 20.3. The number of rotatable bonds is 5. The zero-order chi connectivity index (χ0) is 24.7. The summed E-state index contributed by atoms with van der Waals surface area (Å²) in [5.41, 5.74) is 3.79. The van der Waals surface area contributed by atoms with Crippen LogP contribution in [0.25, 0.3) is 11.3 Å². The van der Waals surface area contributed by atoms with E-state index in [1.165, 1.54) is 27.7 Å². The molecule has 5 rings (SSSR count). The number of hydroxylamine groups is 1. The molecule has 0 bridgehead atoms. The fourth-order valence-corrected chi connectivity index (χ4v) is 4.20. The van der Waals surface area contributed by atoms with Gasteiger partial charge in [-0.25, -0.2) is 19.7 Å². The second kappa shape index (κ2) is 9.09. The average Bonchev–Trinajstić information content (AvgIpc) is 3.55. The van der Waals surface area contributed by atoms with Gasteiger partial charge in [-0.1, -0.05) is 11.6 Å². The highest BCUT2D eigenvalue weighted by Crippen LogP contribution is 2.26. The summed E-state index contributed by atoms with van der Waals surface area (Å²) in [5, 5.41) is 14.2. The predicted molar refractivity (Wildman–Crippen MR) is 127 cm³/mol. The number of nitrogens with zero attached hydrogens (tertiary/aromatic N) is 5. The van der Waals surface area contributed by atoms with Gasteiger partial charge in [0.15, 0.2) is 11.5 Å². The summed E-state index contributed by atoms with van der Waals surface area (Å²) < 4.78 is 3.06. The van der Waals surface area contributed by atoms with E-state index >= 15 is 0 Å². The van der Waals surface area contributed by atoms with Gasteiger partial charge in [0, 0.05) is 12.3 Å². The lowest BCUT2D eigenvalue weighted by Gasteiger charge is -2.17. The Morgan fingerprint density at radius 2 is 2.09 bits per heavy atom. The number of anilines is 1. The monoisotopic (exact) mass is 558 g/mol. The number of pyridine rings is 2. The van der Waals surface area contributed by atoms with Gasteiger partial charge in [-0.05, 0) is 52.7 Å². The molecule has 12 nitrogen and oxygen atoms in total. The van der Waals surface area contributed by atoms with Gasteiger partial charge in [-0.3, -0.25) is 19.2 Å². The van der Waals surface area contributed by atoms with Crippen molar-refractivity contribution in [2.24, 2.45) is 0 Å². The molecule has 0 radical (unpaired) electrons. The first-order chi connectivity index (χ1) is 16.8. The maximum atomic E-state index is 13.4. The molecule has 4 aromatic rings. The highest BCUT2D eigenvalue weighted by atomic mass is 79.9. The standard InChI is InChI=1S/C21H16BrClN8O4/c1-10-7-11-4-6-25-30(11)17(21(34)26-13-9-35-29-19(13)32)16(10)27-20(33)14-8-15(22)28-31(14)18-12(23)3-2-5-24-18/h2-8,13H,9H2,1H3,(H,26,34)(H,27,33)(H,29,32)/t13-/m1/s1. The van der Waals surface area contributed by atoms with Crippen LogP contribution in [0.3, 0.4) is 0 Å². The highest BCUT2D eigenvalue weighted by molar-refractivity contribution is 9.10. The van der Waals surface area contributed by atoms with E-state index < -0.39 is 23.8 Å². The van der Waals surface area contributed by atoms with Crippen LogP contribution >= 0.6 is 27.5 Å². The van der Waals surface area contributed by atoms with Gasteiger partial charge in [0.05, 0.1) is 22.4 Å². The molecular weight excluding hydrogens is 544 g/mol. The van der Waals surface area contributed by atoms with Gasteiger partial charge in [0.25, 0.3) is 17.7 Å². The summed E-state index contributed by atoms with van der Waals surface area (Å²) in [7, 11) is 0. The topological polar surface area (TPSA) is 145 Å². The van der Waals surface area contributed by atoms with Crippen LogP contribution in [0.15, 0.2) is 47.3 Å². The van der Waals surface area contributed by atoms with Gasteiger partial charge >= 0.3 is 0 Å². The van der Waals surface area contributed by atoms with Crippen molar-refractivity contribution in [3.8, 4) is 5.82 Å². The summed E-state index contributed by atoms with van der Waals surface area (Å²) in [6, 6.07) is 7.39. The smallest absolute Gasteiger partial charge is 0.274 e. The van der Waals surface area contributed by atoms with Gasteiger partial charge in [0.2, 0.25) is 0 Å². The molecule has 178 valence electrons. The molecule has 1 aliphatic rings. The van der Waals surface area contributed by atoms with Crippen LogP contribution in [0.2, 0.25) is 5.02 Å². The van der Waals surface area contributed by atoms with Crippen molar-refractivity contribution < 1.29 is 19.2 Å².